The van der Waals surface area contributed by atoms with Gasteiger partial charge in [-0.2, -0.15) is 10.5 Å². The summed E-state index contributed by atoms with van der Waals surface area (Å²) in [5, 5.41) is 21.7. The Hall–Kier alpha value is -5.20. The molecule has 6 rings (SSSR count). The van der Waals surface area contributed by atoms with Gasteiger partial charge in [0, 0.05) is 21.9 Å². The molecule has 0 aromatic heterocycles. The molecular weight excluding hydrogens is 520 g/mol. The Morgan fingerprint density at radius 2 is 0.929 bits per heavy atom. The van der Waals surface area contributed by atoms with E-state index in [-0.39, 0.29) is 23.6 Å². The molecule has 42 heavy (non-hydrogen) atoms. The van der Waals surface area contributed by atoms with Gasteiger partial charge in [-0.3, -0.25) is 0 Å². The Kier molecular flexibility index (Phi) is 6.64. The first kappa shape index (κ1) is 27.0. The zero-order valence-electron chi connectivity index (χ0n) is 24.1. The van der Waals surface area contributed by atoms with Crippen molar-refractivity contribution in [2.75, 3.05) is 0 Å². The van der Waals surface area contributed by atoms with E-state index >= 15 is 0 Å². The lowest BCUT2D eigenvalue weighted by Gasteiger charge is -2.30. The van der Waals surface area contributed by atoms with Crippen LogP contribution in [0, 0.1) is 22.7 Å². The van der Waals surface area contributed by atoms with Crippen molar-refractivity contribution in [1.29, 1.82) is 10.5 Å². The van der Waals surface area contributed by atoms with Crippen molar-refractivity contribution in [3.05, 3.63) is 129 Å². The zero-order valence-corrected chi connectivity index (χ0v) is 24.1. The molecule has 2 unspecified atom stereocenters. The topological polar surface area (TPSA) is 118 Å². The van der Waals surface area contributed by atoms with Crippen LogP contribution in [0.15, 0.2) is 95.7 Å². The standard InChI is InChI=1S/C36H32N4O2/c1-19(2)21-5-9-23(10-6-21)31-27-15-13-26-25(33(27)41-35(39)29(31)17-37)14-16-28-32(30(18-38)36(40)42-34(26)28)24-11-7-22(8-12-24)20(3)4/h5-16,19-20,31-32H,39-40H2,1-4H3. The van der Waals surface area contributed by atoms with Crippen molar-refractivity contribution in [2.24, 2.45) is 11.5 Å². The van der Waals surface area contributed by atoms with Gasteiger partial charge in [0.2, 0.25) is 11.8 Å². The van der Waals surface area contributed by atoms with Gasteiger partial charge < -0.3 is 20.9 Å². The summed E-state index contributed by atoms with van der Waals surface area (Å²) in [5.41, 5.74) is 19.6. The number of nitrogens with zero attached hydrogens (tertiary/aromatic N) is 2. The predicted octanol–water partition coefficient (Wildman–Crippen LogP) is 7.52. The quantitative estimate of drug-likeness (QED) is 0.270. The Morgan fingerprint density at radius 1 is 0.571 bits per heavy atom. The summed E-state index contributed by atoms with van der Waals surface area (Å²) >= 11 is 0. The van der Waals surface area contributed by atoms with Crippen LogP contribution in [-0.2, 0) is 0 Å². The number of nitrogens with two attached hydrogens (primary N) is 2. The minimum atomic E-state index is -0.372. The van der Waals surface area contributed by atoms with Crippen LogP contribution in [0.3, 0.4) is 0 Å². The van der Waals surface area contributed by atoms with Crippen LogP contribution in [0.2, 0.25) is 0 Å². The Bertz CT molecular complexity index is 1730. The Labute approximate surface area is 246 Å². The van der Waals surface area contributed by atoms with Crippen molar-refractivity contribution in [2.45, 2.75) is 51.4 Å². The van der Waals surface area contributed by atoms with Crippen LogP contribution in [0.5, 0.6) is 11.5 Å². The fourth-order valence-corrected chi connectivity index (χ4v) is 6.07. The molecule has 208 valence electrons. The maximum atomic E-state index is 10.1. The van der Waals surface area contributed by atoms with Crippen molar-refractivity contribution in [3.63, 3.8) is 0 Å². The van der Waals surface area contributed by atoms with Gasteiger partial charge in [0.1, 0.15) is 34.8 Å². The fraction of sp³-hybridized carbons (Fsp3) is 0.222. The van der Waals surface area contributed by atoms with Crippen molar-refractivity contribution in [3.8, 4) is 23.6 Å². The van der Waals surface area contributed by atoms with Crippen LogP contribution in [-0.4, -0.2) is 0 Å². The molecule has 0 spiro atoms. The third kappa shape index (κ3) is 4.24. The molecule has 0 bridgehead atoms. The molecule has 4 N–H and O–H groups in total. The molecule has 0 saturated heterocycles. The lowest BCUT2D eigenvalue weighted by molar-refractivity contribution is 0.393. The normalized spacial score (nSPS) is 17.8. The number of hydrogen-bond acceptors (Lipinski definition) is 6. The van der Waals surface area contributed by atoms with Gasteiger partial charge in [0.05, 0.1) is 11.8 Å². The number of allylic oxidation sites excluding steroid dienone is 2. The van der Waals surface area contributed by atoms with Gasteiger partial charge >= 0.3 is 0 Å². The van der Waals surface area contributed by atoms with E-state index in [9.17, 15) is 10.5 Å². The lowest BCUT2D eigenvalue weighted by Crippen LogP contribution is -2.22. The van der Waals surface area contributed by atoms with Crippen molar-refractivity contribution in [1.82, 2.24) is 0 Å². The molecule has 2 heterocycles. The van der Waals surface area contributed by atoms with E-state index in [2.05, 4.69) is 88.4 Å². The molecule has 2 aliphatic rings. The van der Waals surface area contributed by atoms with Crippen molar-refractivity contribution >= 4 is 10.8 Å². The number of hydrogen-bond donors (Lipinski definition) is 2. The van der Waals surface area contributed by atoms with Gasteiger partial charge in [-0.15, -0.1) is 0 Å². The molecule has 0 radical (unpaired) electrons. The van der Waals surface area contributed by atoms with Crippen LogP contribution in [0.4, 0.5) is 0 Å². The molecule has 4 aromatic carbocycles. The highest BCUT2D eigenvalue weighted by molar-refractivity contribution is 5.97. The monoisotopic (exact) mass is 552 g/mol. The highest BCUT2D eigenvalue weighted by Crippen LogP contribution is 2.51. The second-order valence-corrected chi connectivity index (χ2v) is 11.6. The third-order valence-electron chi connectivity index (χ3n) is 8.43. The van der Waals surface area contributed by atoms with Gasteiger partial charge in [-0.1, -0.05) is 100 Å². The molecular formula is C36H32N4O2. The number of fused-ring (bicyclic) bond motifs is 5. The predicted molar refractivity (Wildman–Crippen MR) is 164 cm³/mol. The molecule has 0 aliphatic carbocycles. The molecule has 2 aliphatic heterocycles. The van der Waals surface area contributed by atoms with Gasteiger partial charge in [0.25, 0.3) is 0 Å². The first-order valence-corrected chi connectivity index (χ1v) is 14.2. The van der Waals surface area contributed by atoms with Gasteiger partial charge in [-0.05, 0) is 34.1 Å². The summed E-state index contributed by atoms with van der Waals surface area (Å²) < 4.78 is 12.3. The number of benzene rings is 4. The van der Waals surface area contributed by atoms with E-state index in [0.717, 1.165) is 33.0 Å². The van der Waals surface area contributed by atoms with E-state index in [4.69, 9.17) is 20.9 Å². The second-order valence-electron chi connectivity index (χ2n) is 11.6. The Balaban J connectivity index is 1.52. The largest absolute Gasteiger partial charge is 0.440 e. The number of ether oxygens (including phenoxy) is 2. The summed E-state index contributed by atoms with van der Waals surface area (Å²) in [7, 11) is 0. The van der Waals surface area contributed by atoms with Gasteiger partial charge in [-0.25, -0.2) is 0 Å². The summed E-state index contributed by atoms with van der Waals surface area (Å²) in [6, 6.07) is 29.1. The lowest BCUT2D eigenvalue weighted by atomic mass is 9.80. The fourth-order valence-electron chi connectivity index (χ4n) is 6.07. The van der Waals surface area contributed by atoms with E-state index < -0.39 is 0 Å². The second kappa shape index (κ2) is 10.3. The maximum absolute atomic E-state index is 10.1. The van der Waals surface area contributed by atoms with E-state index in [0.29, 0.717) is 34.5 Å². The van der Waals surface area contributed by atoms with Crippen molar-refractivity contribution < 1.29 is 9.47 Å². The van der Waals surface area contributed by atoms with E-state index in [1.54, 1.807) is 0 Å². The average Bonchev–Trinajstić information content (AvgIpc) is 2.99. The van der Waals surface area contributed by atoms with Crippen LogP contribution >= 0.6 is 0 Å². The first-order valence-electron chi connectivity index (χ1n) is 14.2. The van der Waals surface area contributed by atoms with Crippen LogP contribution in [0.1, 0.15) is 84.7 Å². The third-order valence-corrected chi connectivity index (χ3v) is 8.43. The minimum Gasteiger partial charge on any atom is -0.440 e. The molecule has 0 saturated carbocycles. The molecule has 6 nitrogen and oxygen atoms in total. The number of rotatable bonds is 4. The van der Waals surface area contributed by atoms with Crippen LogP contribution in [0.25, 0.3) is 10.8 Å². The molecule has 2 atom stereocenters. The molecule has 6 heteroatoms. The molecule has 4 aromatic rings. The summed E-state index contributed by atoms with van der Waals surface area (Å²) in [5.74, 6) is 1.39. The van der Waals surface area contributed by atoms with Gasteiger partial charge in [0.15, 0.2) is 0 Å². The highest BCUT2D eigenvalue weighted by Gasteiger charge is 2.35. The first-order chi connectivity index (χ1) is 20.2. The molecule has 0 amide bonds. The smallest absolute Gasteiger partial charge is 0.205 e. The van der Waals surface area contributed by atoms with Crippen LogP contribution < -0.4 is 20.9 Å². The summed E-state index contributed by atoms with van der Waals surface area (Å²) in [6.07, 6.45) is 0. The minimum absolute atomic E-state index is 0.0865. The SMILES string of the molecule is CC(C)c1ccc(C2C(C#N)=C(N)Oc3c2ccc2c4c(ccc32)C(c2ccc(C(C)C)cc2)C(C#N)=C(N)O4)cc1. The van der Waals surface area contributed by atoms with E-state index in [1.807, 2.05) is 24.3 Å². The summed E-state index contributed by atoms with van der Waals surface area (Å²) in [6.45, 7) is 8.61. The number of nitriles is 2. The Morgan fingerprint density at radius 3 is 1.24 bits per heavy atom. The maximum Gasteiger partial charge on any atom is 0.205 e. The zero-order chi connectivity index (χ0) is 29.7. The highest BCUT2D eigenvalue weighted by atomic mass is 16.5. The molecule has 0 fully saturated rings. The average molecular weight is 553 g/mol. The summed E-state index contributed by atoms with van der Waals surface area (Å²) in [4.78, 5) is 0. The van der Waals surface area contributed by atoms with E-state index in [1.165, 1.54) is 11.1 Å².